The van der Waals surface area contributed by atoms with Gasteiger partial charge in [0.1, 0.15) is 0 Å². The number of nitrogens with one attached hydrogen (secondary N) is 1. The van der Waals surface area contributed by atoms with E-state index in [-0.39, 0.29) is 0 Å². The van der Waals surface area contributed by atoms with E-state index in [4.69, 9.17) is 4.74 Å². The second-order valence-corrected chi connectivity index (χ2v) is 5.68. The third-order valence-corrected chi connectivity index (χ3v) is 3.53. The SMILES string of the molecule is CC1(C)CCN(CCC2CNCCO2)C1. The summed E-state index contributed by atoms with van der Waals surface area (Å²) >= 11 is 0. The summed E-state index contributed by atoms with van der Waals surface area (Å²) in [5.41, 5.74) is 0.533. The van der Waals surface area contributed by atoms with Crippen molar-refractivity contribution in [3.05, 3.63) is 0 Å². The Morgan fingerprint density at radius 1 is 1.47 bits per heavy atom. The molecule has 0 amide bonds. The lowest BCUT2D eigenvalue weighted by Gasteiger charge is -2.26. The first-order chi connectivity index (χ1) is 7.16. The van der Waals surface area contributed by atoms with Crippen molar-refractivity contribution in [1.82, 2.24) is 10.2 Å². The molecule has 2 saturated heterocycles. The Morgan fingerprint density at radius 3 is 2.93 bits per heavy atom. The van der Waals surface area contributed by atoms with Gasteiger partial charge in [-0.2, -0.15) is 0 Å². The van der Waals surface area contributed by atoms with Crippen LogP contribution < -0.4 is 5.32 Å². The molecule has 0 aromatic carbocycles. The van der Waals surface area contributed by atoms with Crippen LogP contribution in [0, 0.1) is 5.41 Å². The predicted molar refractivity (Wildman–Crippen MR) is 62.1 cm³/mol. The largest absolute Gasteiger partial charge is 0.376 e. The molecule has 0 radical (unpaired) electrons. The van der Waals surface area contributed by atoms with Gasteiger partial charge in [-0.15, -0.1) is 0 Å². The molecule has 1 N–H and O–H groups in total. The zero-order chi connectivity index (χ0) is 10.7. The first-order valence-electron chi connectivity index (χ1n) is 6.20. The molecular weight excluding hydrogens is 188 g/mol. The highest BCUT2D eigenvalue weighted by molar-refractivity contribution is 4.83. The summed E-state index contributed by atoms with van der Waals surface area (Å²) in [6, 6.07) is 0. The fourth-order valence-corrected chi connectivity index (χ4v) is 2.55. The normalized spacial score (nSPS) is 32.0. The lowest BCUT2D eigenvalue weighted by molar-refractivity contribution is 0.0182. The first kappa shape index (κ1) is 11.4. The van der Waals surface area contributed by atoms with Gasteiger partial charge in [0, 0.05) is 26.2 Å². The zero-order valence-electron chi connectivity index (χ0n) is 10.1. The summed E-state index contributed by atoms with van der Waals surface area (Å²) < 4.78 is 5.70. The molecular formula is C12H24N2O. The fraction of sp³-hybridized carbons (Fsp3) is 1.00. The topological polar surface area (TPSA) is 24.5 Å². The van der Waals surface area contributed by atoms with Crippen LogP contribution in [0.2, 0.25) is 0 Å². The van der Waals surface area contributed by atoms with Crippen LogP contribution in [-0.4, -0.2) is 50.3 Å². The van der Waals surface area contributed by atoms with E-state index in [1.165, 1.54) is 32.5 Å². The summed E-state index contributed by atoms with van der Waals surface area (Å²) in [4.78, 5) is 2.58. The highest BCUT2D eigenvalue weighted by atomic mass is 16.5. The molecule has 2 aliphatic heterocycles. The number of nitrogens with zero attached hydrogens (tertiary/aromatic N) is 1. The van der Waals surface area contributed by atoms with Crippen LogP contribution >= 0.6 is 0 Å². The van der Waals surface area contributed by atoms with E-state index in [0.717, 1.165) is 19.7 Å². The average molecular weight is 212 g/mol. The summed E-state index contributed by atoms with van der Waals surface area (Å²) in [7, 11) is 0. The van der Waals surface area contributed by atoms with E-state index < -0.39 is 0 Å². The van der Waals surface area contributed by atoms with Crippen LogP contribution in [0.15, 0.2) is 0 Å². The van der Waals surface area contributed by atoms with Crippen molar-refractivity contribution in [2.45, 2.75) is 32.8 Å². The molecule has 1 unspecified atom stereocenters. The molecule has 2 fully saturated rings. The quantitative estimate of drug-likeness (QED) is 0.758. The van der Waals surface area contributed by atoms with Gasteiger partial charge in [0.2, 0.25) is 0 Å². The molecule has 88 valence electrons. The van der Waals surface area contributed by atoms with Crippen molar-refractivity contribution in [3.8, 4) is 0 Å². The van der Waals surface area contributed by atoms with Gasteiger partial charge >= 0.3 is 0 Å². The van der Waals surface area contributed by atoms with E-state index in [0.29, 0.717) is 11.5 Å². The lowest BCUT2D eigenvalue weighted by atomic mass is 9.93. The second-order valence-electron chi connectivity index (χ2n) is 5.68. The number of hydrogen-bond acceptors (Lipinski definition) is 3. The number of likely N-dealkylation sites (tertiary alicyclic amines) is 1. The Balaban J connectivity index is 1.65. The molecule has 0 aliphatic carbocycles. The maximum Gasteiger partial charge on any atom is 0.0712 e. The van der Waals surface area contributed by atoms with Crippen LogP contribution in [0.1, 0.15) is 26.7 Å². The molecule has 0 aromatic rings. The van der Waals surface area contributed by atoms with Crippen LogP contribution in [0.4, 0.5) is 0 Å². The molecule has 2 heterocycles. The lowest BCUT2D eigenvalue weighted by Crippen LogP contribution is -2.40. The minimum atomic E-state index is 0.447. The summed E-state index contributed by atoms with van der Waals surface area (Å²) in [6.07, 6.45) is 2.97. The molecule has 2 rings (SSSR count). The Hall–Kier alpha value is -0.120. The van der Waals surface area contributed by atoms with Gasteiger partial charge in [-0.3, -0.25) is 0 Å². The van der Waals surface area contributed by atoms with E-state index >= 15 is 0 Å². The minimum Gasteiger partial charge on any atom is -0.376 e. The molecule has 1 atom stereocenters. The third kappa shape index (κ3) is 3.44. The Labute approximate surface area is 93.2 Å². The van der Waals surface area contributed by atoms with E-state index in [1.54, 1.807) is 0 Å². The summed E-state index contributed by atoms with van der Waals surface area (Å²) in [5.74, 6) is 0. The molecule has 3 nitrogen and oxygen atoms in total. The van der Waals surface area contributed by atoms with Crippen LogP contribution in [-0.2, 0) is 4.74 Å². The standard InChI is InChI=1S/C12H24N2O/c1-12(2)4-7-14(10-12)6-3-11-9-13-5-8-15-11/h11,13H,3-10H2,1-2H3. The summed E-state index contributed by atoms with van der Waals surface area (Å²) in [6.45, 7) is 11.4. The second kappa shape index (κ2) is 4.81. The van der Waals surface area contributed by atoms with Gasteiger partial charge < -0.3 is 15.0 Å². The summed E-state index contributed by atoms with van der Waals surface area (Å²) in [5, 5.41) is 3.38. The molecule has 0 aromatic heterocycles. The molecule has 0 spiro atoms. The van der Waals surface area contributed by atoms with Crippen molar-refractivity contribution in [2.24, 2.45) is 5.41 Å². The van der Waals surface area contributed by atoms with Crippen LogP contribution in [0.5, 0.6) is 0 Å². The van der Waals surface area contributed by atoms with Crippen molar-refractivity contribution >= 4 is 0 Å². The Morgan fingerprint density at radius 2 is 2.33 bits per heavy atom. The van der Waals surface area contributed by atoms with Gasteiger partial charge in [0.05, 0.1) is 12.7 Å². The van der Waals surface area contributed by atoms with Gasteiger partial charge in [0.25, 0.3) is 0 Å². The third-order valence-electron chi connectivity index (χ3n) is 3.53. The van der Waals surface area contributed by atoms with Gasteiger partial charge in [-0.1, -0.05) is 13.8 Å². The molecule has 0 saturated carbocycles. The number of hydrogen-bond donors (Lipinski definition) is 1. The van der Waals surface area contributed by atoms with Crippen molar-refractivity contribution < 1.29 is 4.74 Å². The van der Waals surface area contributed by atoms with Crippen molar-refractivity contribution in [2.75, 3.05) is 39.3 Å². The smallest absolute Gasteiger partial charge is 0.0712 e. The average Bonchev–Trinajstić information content (AvgIpc) is 2.57. The highest BCUT2D eigenvalue weighted by Crippen LogP contribution is 2.28. The maximum atomic E-state index is 5.70. The van der Waals surface area contributed by atoms with Crippen LogP contribution in [0.3, 0.4) is 0 Å². The van der Waals surface area contributed by atoms with Gasteiger partial charge in [0.15, 0.2) is 0 Å². The molecule has 15 heavy (non-hydrogen) atoms. The highest BCUT2D eigenvalue weighted by Gasteiger charge is 2.29. The number of rotatable bonds is 3. The predicted octanol–water partition coefficient (Wildman–Crippen LogP) is 1.10. The Kier molecular flexibility index (Phi) is 3.65. The minimum absolute atomic E-state index is 0.447. The zero-order valence-corrected chi connectivity index (χ0v) is 10.1. The Bertz CT molecular complexity index is 200. The number of ether oxygens (including phenoxy) is 1. The van der Waals surface area contributed by atoms with Gasteiger partial charge in [-0.25, -0.2) is 0 Å². The van der Waals surface area contributed by atoms with E-state index in [2.05, 4.69) is 24.1 Å². The molecule has 2 aliphatic rings. The first-order valence-corrected chi connectivity index (χ1v) is 6.20. The van der Waals surface area contributed by atoms with Crippen molar-refractivity contribution in [1.29, 1.82) is 0 Å². The molecule has 3 heteroatoms. The van der Waals surface area contributed by atoms with Crippen molar-refractivity contribution in [3.63, 3.8) is 0 Å². The fourth-order valence-electron chi connectivity index (χ4n) is 2.55. The van der Waals surface area contributed by atoms with E-state index in [1.807, 2.05) is 0 Å². The molecule has 0 bridgehead atoms. The van der Waals surface area contributed by atoms with E-state index in [9.17, 15) is 0 Å². The maximum absolute atomic E-state index is 5.70. The van der Waals surface area contributed by atoms with Crippen LogP contribution in [0.25, 0.3) is 0 Å². The number of morpholine rings is 1. The monoisotopic (exact) mass is 212 g/mol. The van der Waals surface area contributed by atoms with Gasteiger partial charge in [-0.05, 0) is 24.8 Å².